The number of aliphatic imine (C=N–C) groups is 1. The van der Waals surface area contributed by atoms with Gasteiger partial charge in [-0.05, 0) is 6.07 Å². The number of rotatable bonds is 3. The van der Waals surface area contributed by atoms with Crippen molar-refractivity contribution in [3.05, 3.63) is 69.8 Å². The van der Waals surface area contributed by atoms with Crippen LogP contribution in [0.15, 0.2) is 53.5 Å². The minimum atomic E-state index is -0.441. The van der Waals surface area contributed by atoms with Gasteiger partial charge < -0.3 is 15.8 Å². The lowest BCUT2D eigenvalue weighted by atomic mass is 10.00. The van der Waals surface area contributed by atoms with Gasteiger partial charge in [0.15, 0.2) is 11.5 Å². The minimum absolute atomic E-state index is 0.0226. The van der Waals surface area contributed by atoms with Crippen LogP contribution < -0.4 is 15.8 Å². The zero-order chi connectivity index (χ0) is 19.0. The molecule has 27 heavy (non-hydrogen) atoms. The van der Waals surface area contributed by atoms with E-state index in [1.807, 2.05) is 24.3 Å². The maximum absolute atomic E-state index is 11.2. The van der Waals surface area contributed by atoms with Crippen molar-refractivity contribution in [1.82, 2.24) is 9.97 Å². The Morgan fingerprint density at radius 1 is 1.15 bits per heavy atom. The maximum atomic E-state index is 11.2. The summed E-state index contributed by atoms with van der Waals surface area (Å²) in [6.45, 7) is 0. The molecule has 9 nitrogen and oxygen atoms in total. The SMILES string of the molecule is COc1nc(N)nc2c1N=C(c1cccc([N+](=O)[O-])c1)c1ccccc1N2. The van der Waals surface area contributed by atoms with Gasteiger partial charge in [0.05, 0.1) is 17.7 Å². The number of para-hydroxylation sites is 1. The highest BCUT2D eigenvalue weighted by Gasteiger charge is 2.23. The van der Waals surface area contributed by atoms with Crippen LogP contribution in [0.1, 0.15) is 11.1 Å². The summed E-state index contributed by atoms with van der Waals surface area (Å²) >= 11 is 0. The van der Waals surface area contributed by atoms with Gasteiger partial charge in [0.1, 0.15) is 0 Å². The van der Waals surface area contributed by atoms with Gasteiger partial charge in [-0.2, -0.15) is 9.97 Å². The molecule has 0 bridgehead atoms. The van der Waals surface area contributed by atoms with Gasteiger partial charge in [-0.1, -0.05) is 30.3 Å². The molecule has 4 rings (SSSR count). The summed E-state index contributed by atoms with van der Waals surface area (Å²) in [4.78, 5) is 23.7. The van der Waals surface area contributed by atoms with E-state index in [-0.39, 0.29) is 17.5 Å². The lowest BCUT2D eigenvalue weighted by molar-refractivity contribution is -0.384. The van der Waals surface area contributed by atoms with Crippen LogP contribution in [0.2, 0.25) is 0 Å². The molecule has 1 aliphatic rings. The molecule has 0 saturated carbocycles. The predicted molar refractivity (Wildman–Crippen MR) is 101 cm³/mol. The van der Waals surface area contributed by atoms with Crippen molar-refractivity contribution in [2.45, 2.75) is 0 Å². The molecule has 0 fully saturated rings. The Morgan fingerprint density at radius 3 is 2.74 bits per heavy atom. The quantitative estimate of drug-likeness (QED) is 0.423. The summed E-state index contributed by atoms with van der Waals surface area (Å²) in [5, 5.41) is 14.4. The number of hydrogen-bond acceptors (Lipinski definition) is 8. The van der Waals surface area contributed by atoms with Crippen LogP contribution in [0.3, 0.4) is 0 Å². The molecule has 0 amide bonds. The number of methoxy groups -OCH3 is 1. The molecule has 3 N–H and O–H groups in total. The maximum Gasteiger partial charge on any atom is 0.270 e. The van der Waals surface area contributed by atoms with Gasteiger partial charge in [-0.25, -0.2) is 4.99 Å². The van der Waals surface area contributed by atoms with Crippen molar-refractivity contribution in [3.8, 4) is 5.88 Å². The van der Waals surface area contributed by atoms with Crippen LogP contribution in [0.25, 0.3) is 0 Å². The number of aromatic nitrogens is 2. The molecule has 0 radical (unpaired) electrons. The number of nitrogen functional groups attached to an aromatic ring is 1. The topological polar surface area (TPSA) is 129 Å². The molecule has 2 heterocycles. The first-order valence-electron chi connectivity index (χ1n) is 7.98. The predicted octanol–water partition coefficient (Wildman–Crippen LogP) is 3.20. The van der Waals surface area contributed by atoms with E-state index in [4.69, 9.17) is 10.5 Å². The summed E-state index contributed by atoms with van der Waals surface area (Å²) in [5.41, 5.74) is 8.73. The zero-order valence-corrected chi connectivity index (χ0v) is 14.2. The Bertz CT molecular complexity index is 1100. The van der Waals surface area contributed by atoms with Gasteiger partial charge in [0.2, 0.25) is 11.8 Å². The monoisotopic (exact) mass is 362 g/mol. The van der Waals surface area contributed by atoms with Crippen molar-refractivity contribution in [1.29, 1.82) is 0 Å². The number of benzene rings is 2. The number of nitro benzene ring substituents is 1. The highest BCUT2D eigenvalue weighted by atomic mass is 16.6. The Kier molecular flexibility index (Phi) is 3.88. The second kappa shape index (κ2) is 6.37. The third kappa shape index (κ3) is 2.91. The summed E-state index contributed by atoms with van der Waals surface area (Å²) in [7, 11) is 1.46. The highest BCUT2D eigenvalue weighted by molar-refractivity contribution is 6.18. The molecule has 9 heteroatoms. The average Bonchev–Trinajstić information content (AvgIpc) is 2.84. The molecule has 2 aromatic carbocycles. The fraction of sp³-hybridized carbons (Fsp3) is 0.0556. The average molecular weight is 362 g/mol. The molecule has 0 saturated heterocycles. The number of ether oxygens (including phenoxy) is 1. The van der Waals surface area contributed by atoms with Gasteiger partial charge in [-0.3, -0.25) is 10.1 Å². The van der Waals surface area contributed by atoms with Gasteiger partial charge in [0.25, 0.3) is 5.69 Å². The highest BCUT2D eigenvalue weighted by Crippen LogP contribution is 2.40. The van der Waals surface area contributed by atoms with Crippen molar-refractivity contribution in [3.63, 3.8) is 0 Å². The fourth-order valence-electron chi connectivity index (χ4n) is 2.87. The van der Waals surface area contributed by atoms with Crippen LogP contribution in [-0.4, -0.2) is 27.7 Å². The molecule has 0 aliphatic carbocycles. The lowest BCUT2D eigenvalue weighted by Gasteiger charge is -2.10. The van der Waals surface area contributed by atoms with Gasteiger partial charge >= 0.3 is 0 Å². The van der Waals surface area contributed by atoms with Crippen molar-refractivity contribution < 1.29 is 9.66 Å². The molecule has 3 aromatic rings. The van der Waals surface area contributed by atoms with Crippen molar-refractivity contribution in [2.75, 3.05) is 18.2 Å². The van der Waals surface area contributed by atoms with E-state index in [1.54, 1.807) is 12.1 Å². The number of anilines is 3. The number of hydrogen-bond donors (Lipinski definition) is 2. The molecule has 0 spiro atoms. The Labute approximate surface area is 153 Å². The molecule has 0 unspecified atom stereocenters. The second-order valence-corrected chi connectivity index (χ2v) is 5.73. The lowest BCUT2D eigenvalue weighted by Crippen LogP contribution is -2.05. The third-order valence-electron chi connectivity index (χ3n) is 4.05. The minimum Gasteiger partial charge on any atom is -0.479 e. The van der Waals surface area contributed by atoms with E-state index in [1.165, 1.54) is 19.2 Å². The van der Waals surface area contributed by atoms with Crippen LogP contribution in [-0.2, 0) is 0 Å². The number of nitro groups is 1. The van der Waals surface area contributed by atoms with Crippen LogP contribution >= 0.6 is 0 Å². The zero-order valence-electron chi connectivity index (χ0n) is 14.2. The molecule has 1 aromatic heterocycles. The van der Waals surface area contributed by atoms with Gasteiger partial charge in [-0.15, -0.1) is 0 Å². The smallest absolute Gasteiger partial charge is 0.270 e. The number of fused-ring (bicyclic) bond motifs is 2. The van der Waals surface area contributed by atoms with E-state index in [2.05, 4.69) is 20.3 Å². The van der Waals surface area contributed by atoms with Crippen LogP contribution in [0, 0.1) is 10.1 Å². The summed E-state index contributed by atoms with van der Waals surface area (Å²) < 4.78 is 5.31. The molecule has 0 atom stereocenters. The number of non-ortho nitro benzene ring substituents is 1. The normalized spacial score (nSPS) is 12.1. The molecule has 1 aliphatic heterocycles. The fourth-order valence-corrected chi connectivity index (χ4v) is 2.87. The number of nitrogens with zero attached hydrogens (tertiary/aromatic N) is 4. The number of nitrogens with one attached hydrogen (secondary N) is 1. The number of nitrogens with two attached hydrogens (primary N) is 1. The summed E-state index contributed by atoms with van der Waals surface area (Å²) in [6, 6.07) is 13.8. The molecular weight excluding hydrogens is 348 g/mol. The van der Waals surface area contributed by atoms with Crippen LogP contribution in [0.5, 0.6) is 5.88 Å². The Balaban J connectivity index is 2.01. The van der Waals surface area contributed by atoms with Crippen molar-refractivity contribution >= 4 is 34.5 Å². The second-order valence-electron chi connectivity index (χ2n) is 5.73. The Hall–Kier alpha value is -4.01. The van der Waals surface area contributed by atoms with Crippen molar-refractivity contribution in [2.24, 2.45) is 4.99 Å². The molecule has 134 valence electrons. The third-order valence-corrected chi connectivity index (χ3v) is 4.05. The summed E-state index contributed by atoms with van der Waals surface area (Å²) in [5.74, 6) is 0.651. The van der Waals surface area contributed by atoms with Crippen LogP contribution in [0.4, 0.5) is 28.8 Å². The first-order valence-corrected chi connectivity index (χ1v) is 7.98. The summed E-state index contributed by atoms with van der Waals surface area (Å²) in [6.07, 6.45) is 0. The first-order chi connectivity index (χ1) is 13.1. The van der Waals surface area contributed by atoms with E-state index >= 15 is 0 Å². The van der Waals surface area contributed by atoms with E-state index < -0.39 is 4.92 Å². The largest absolute Gasteiger partial charge is 0.479 e. The van der Waals surface area contributed by atoms with E-state index in [9.17, 15) is 10.1 Å². The Morgan fingerprint density at radius 2 is 1.96 bits per heavy atom. The van der Waals surface area contributed by atoms with E-state index in [0.29, 0.717) is 22.8 Å². The first kappa shape index (κ1) is 16.5. The van der Waals surface area contributed by atoms with E-state index in [0.717, 1.165) is 11.3 Å². The standard InChI is InChI=1S/C18H14N6O3/c1-27-17-15-16(22-18(19)23-17)20-13-8-3-2-7-12(13)14(21-15)10-5-4-6-11(9-10)24(25)26/h2-9H,1H3,(H3,19,20,22,23). The molecular formula is C18H14N6O3. The van der Waals surface area contributed by atoms with Gasteiger partial charge in [0, 0.05) is 28.9 Å².